The molecule has 5 heteroatoms. The molecular formula is C18H19ClN4. The number of aryl methyl sites for hydroxylation is 1. The largest absolute Gasteiger partial charge is 0.350 e. The maximum Gasteiger partial charge on any atom is 0.148 e. The number of amidine groups is 1. The molecular weight excluding hydrogens is 308 g/mol. The number of benzene rings is 1. The lowest BCUT2D eigenvalue weighted by atomic mass is 9.98. The third-order valence-electron chi connectivity index (χ3n) is 3.89. The molecule has 0 aromatic heterocycles. The Hall–Kier alpha value is -2.20. The summed E-state index contributed by atoms with van der Waals surface area (Å²) < 4.78 is 0. The first-order valence-electron chi connectivity index (χ1n) is 7.55. The van der Waals surface area contributed by atoms with Crippen LogP contribution in [-0.2, 0) is 0 Å². The number of halogens is 1. The summed E-state index contributed by atoms with van der Waals surface area (Å²) in [6, 6.07) is 8.27. The molecule has 23 heavy (non-hydrogen) atoms. The zero-order valence-corrected chi connectivity index (χ0v) is 14.2. The Morgan fingerprint density at radius 1 is 1.39 bits per heavy atom. The number of nitrogens with one attached hydrogen (secondary N) is 1. The zero-order chi connectivity index (χ0) is 16.4. The summed E-state index contributed by atoms with van der Waals surface area (Å²) in [4.78, 5) is 13.2. The molecule has 0 amide bonds. The molecule has 1 aromatic rings. The fraction of sp³-hybridized carbons (Fsp3) is 0.278. The Balaban J connectivity index is 1.88. The Kier molecular flexibility index (Phi) is 4.44. The molecule has 2 heterocycles. The van der Waals surface area contributed by atoms with Gasteiger partial charge in [-0.3, -0.25) is 4.99 Å². The van der Waals surface area contributed by atoms with Gasteiger partial charge in [0.05, 0.1) is 0 Å². The van der Waals surface area contributed by atoms with E-state index in [1.165, 1.54) is 5.56 Å². The molecule has 0 fully saturated rings. The van der Waals surface area contributed by atoms with Gasteiger partial charge in [-0.2, -0.15) is 0 Å². The molecule has 0 bridgehead atoms. The molecule has 0 aliphatic carbocycles. The summed E-state index contributed by atoms with van der Waals surface area (Å²) >= 11 is 6.46. The predicted octanol–water partition coefficient (Wildman–Crippen LogP) is 3.72. The molecule has 0 saturated carbocycles. The summed E-state index contributed by atoms with van der Waals surface area (Å²) in [5.41, 5.74) is 5.28. The summed E-state index contributed by atoms with van der Waals surface area (Å²) in [6.45, 7) is 4.04. The molecule has 1 atom stereocenters. The lowest BCUT2D eigenvalue weighted by Crippen LogP contribution is -2.34. The van der Waals surface area contributed by atoms with Crippen molar-refractivity contribution in [3.63, 3.8) is 0 Å². The maximum absolute atomic E-state index is 6.46. The van der Waals surface area contributed by atoms with E-state index in [0.717, 1.165) is 28.3 Å². The van der Waals surface area contributed by atoms with Gasteiger partial charge in [0.25, 0.3) is 0 Å². The van der Waals surface area contributed by atoms with Crippen molar-refractivity contribution in [2.24, 2.45) is 15.0 Å². The first-order chi connectivity index (χ1) is 11.1. The molecule has 118 valence electrons. The van der Waals surface area contributed by atoms with E-state index in [1.54, 1.807) is 7.05 Å². The quantitative estimate of drug-likeness (QED) is 0.668. The molecule has 0 radical (unpaired) electrons. The number of hydrogen-bond acceptors (Lipinski definition) is 4. The number of allylic oxidation sites excluding steroid dienone is 2. The summed E-state index contributed by atoms with van der Waals surface area (Å²) in [6.07, 6.45) is 4.41. The van der Waals surface area contributed by atoms with Crippen molar-refractivity contribution in [1.29, 1.82) is 0 Å². The minimum absolute atomic E-state index is 0.173. The number of nitrogens with zero attached hydrogens (tertiary/aromatic N) is 3. The van der Waals surface area contributed by atoms with Gasteiger partial charge >= 0.3 is 0 Å². The molecule has 1 N–H and O–H groups in total. The van der Waals surface area contributed by atoms with E-state index in [-0.39, 0.29) is 6.17 Å². The third-order valence-corrected chi connectivity index (χ3v) is 4.20. The smallest absolute Gasteiger partial charge is 0.148 e. The van der Waals surface area contributed by atoms with E-state index in [1.807, 2.05) is 19.2 Å². The number of fused-ring (bicyclic) bond motifs is 1. The fourth-order valence-electron chi connectivity index (χ4n) is 2.56. The predicted molar refractivity (Wildman–Crippen MR) is 98.5 cm³/mol. The number of aliphatic imine (C=N–C) groups is 3. The molecule has 0 saturated heterocycles. The Morgan fingerprint density at radius 3 is 2.96 bits per heavy atom. The van der Waals surface area contributed by atoms with Gasteiger partial charge in [0.2, 0.25) is 0 Å². The van der Waals surface area contributed by atoms with Crippen LogP contribution in [0.2, 0.25) is 0 Å². The highest BCUT2D eigenvalue weighted by molar-refractivity contribution is 6.33. The van der Waals surface area contributed by atoms with Crippen molar-refractivity contribution in [3.05, 3.63) is 52.2 Å². The molecule has 2 aliphatic heterocycles. The lowest BCUT2D eigenvalue weighted by Gasteiger charge is -2.26. The molecule has 3 rings (SSSR count). The van der Waals surface area contributed by atoms with Gasteiger partial charge in [-0.1, -0.05) is 41.4 Å². The highest BCUT2D eigenvalue weighted by atomic mass is 35.5. The lowest BCUT2D eigenvalue weighted by molar-refractivity contribution is 0.698. The van der Waals surface area contributed by atoms with E-state index < -0.39 is 0 Å². The second-order valence-electron chi connectivity index (χ2n) is 5.73. The van der Waals surface area contributed by atoms with Crippen LogP contribution in [0.15, 0.2) is 56.0 Å². The minimum Gasteiger partial charge on any atom is -0.350 e. The SMILES string of the molecule is CN=C(C)CC1=NC2NC(Cl)=C(c3cccc(C)c3)C=C2C=N1. The van der Waals surface area contributed by atoms with Gasteiger partial charge in [0.1, 0.15) is 17.2 Å². The van der Waals surface area contributed by atoms with E-state index in [4.69, 9.17) is 11.6 Å². The molecule has 4 nitrogen and oxygen atoms in total. The standard InChI is InChI=1S/C18H19ClN4/c1-11-5-4-6-13(7-11)15-9-14-10-21-16(8-12(2)20-3)22-18(14)23-17(15)19/h4-7,9-10,18,23H,8H2,1-3H3. The van der Waals surface area contributed by atoms with Gasteiger partial charge in [-0.15, -0.1) is 0 Å². The average molecular weight is 327 g/mol. The third kappa shape index (κ3) is 3.42. The van der Waals surface area contributed by atoms with Gasteiger partial charge < -0.3 is 5.32 Å². The Morgan fingerprint density at radius 2 is 2.22 bits per heavy atom. The Labute approximate surface area is 141 Å². The van der Waals surface area contributed by atoms with Gasteiger partial charge in [-0.25, -0.2) is 9.98 Å². The first kappa shape index (κ1) is 15.7. The van der Waals surface area contributed by atoms with E-state index in [0.29, 0.717) is 11.6 Å². The Bertz CT molecular complexity index is 784. The monoisotopic (exact) mass is 326 g/mol. The van der Waals surface area contributed by atoms with Crippen molar-refractivity contribution < 1.29 is 0 Å². The number of hydrogen-bond donors (Lipinski definition) is 1. The van der Waals surface area contributed by atoms with Crippen LogP contribution in [0.4, 0.5) is 0 Å². The average Bonchev–Trinajstić information content (AvgIpc) is 2.54. The molecule has 0 spiro atoms. The van der Waals surface area contributed by atoms with E-state index in [9.17, 15) is 0 Å². The van der Waals surface area contributed by atoms with Crippen molar-refractivity contribution >= 4 is 34.9 Å². The molecule has 1 aromatic carbocycles. The summed E-state index contributed by atoms with van der Waals surface area (Å²) in [5, 5.41) is 3.88. The van der Waals surface area contributed by atoms with Crippen LogP contribution in [0.3, 0.4) is 0 Å². The van der Waals surface area contributed by atoms with Gasteiger partial charge in [0.15, 0.2) is 0 Å². The van der Waals surface area contributed by atoms with Gasteiger partial charge in [0, 0.05) is 36.5 Å². The van der Waals surface area contributed by atoms with Crippen molar-refractivity contribution in [2.45, 2.75) is 26.4 Å². The van der Waals surface area contributed by atoms with Crippen LogP contribution in [0.1, 0.15) is 24.5 Å². The van der Waals surface area contributed by atoms with Gasteiger partial charge in [-0.05, 0) is 25.5 Å². The van der Waals surface area contributed by atoms with E-state index in [2.05, 4.69) is 51.5 Å². The van der Waals surface area contributed by atoms with Crippen LogP contribution < -0.4 is 5.32 Å². The van der Waals surface area contributed by atoms with Crippen LogP contribution in [0, 0.1) is 6.92 Å². The van der Waals surface area contributed by atoms with Crippen LogP contribution in [0.5, 0.6) is 0 Å². The second kappa shape index (κ2) is 6.50. The van der Waals surface area contributed by atoms with Crippen molar-refractivity contribution in [2.75, 3.05) is 7.05 Å². The van der Waals surface area contributed by atoms with Crippen LogP contribution in [-0.4, -0.2) is 31.0 Å². The summed E-state index contributed by atoms with van der Waals surface area (Å²) in [7, 11) is 1.78. The number of rotatable bonds is 3. The van der Waals surface area contributed by atoms with Crippen LogP contribution >= 0.6 is 11.6 Å². The second-order valence-corrected chi connectivity index (χ2v) is 6.11. The first-order valence-corrected chi connectivity index (χ1v) is 7.92. The minimum atomic E-state index is -0.173. The van der Waals surface area contributed by atoms with Crippen molar-refractivity contribution in [3.8, 4) is 0 Å². The maximum atomic E-state index is 6.46. The molecule has 1 unspecified atom stereocenters. The highest BCUT2D eigenvalue weighted by Crippen LogP contribution is 2.29. The normalized spacial score (nSPS) is 20.7. The summed E-state index contributed by atoms with van der Waals surface area (Å²) in [5.74, 6) is 0.770. The zero-order valence-electron chi connectivity index (χ0n) is 13.5. The fourth-order valence-corrected chi connectivity index (χ4v) is 2.82. The van der Waals surface area contributed by atoms with Crippen LogP contribution in [0.25, 0.3) is 5.57 Å². The number of dihydropyridines is 1. The topological polar surface area (TPSA) is 49.1 Å². The highest BCUT2D eigenvalue weighted by Gasteiger charge is 2.24. The van der Waals surface area contributed by atoms with E-state index >= 15 is 0 Å². The molecule has 2 aliphatic rings. The van der Waals surface area contributed by atoms with Crippen molar-refractivity contribution in [1.82, 2.24) is 5.32 Å².